The van der Waals surface area contributed by atoms with Crippen LogP contribution in [0.15, 0.2) is 48.5 Å². The lowest BCUT2D eigenvalue weighted by Gasteiger charge is -1.93. The maximum Gasteiger partial charge on any atom is 0.187 e. The first-order chi connectivity index (χ1) is 9.73. The molecular formula is C16H13IN2O. The van der Waals surface area contributed by atoms with Crippen molar-refractivity contribution in [3.05, 3.63) is 82.5 Å². The molecule has 0 spiro atoms. The van der Waals surface area contributed by atoms with E-state index in [1.807, 2.05) is 24.3 Å². The lowest BCUT2D eigenvalue weighted by molar-refractivity contribution is 0.282. The molecule has 0 saturated carbocycles. The summed E-state index contributed by atoms with van der Waals surface area (Å²) >= 11 is 2.28. The highest BCUT2D eigenvalue weighted by molar-refractivity contribution is 14.1. The average Bonchev–Trinajstić information content (AvgIpc) is 2.55. The van der Waals surface area contributed by atoms with E-state index in [2.05, 4.69) is 32.3 Å². The van der Waals surface area contributed by atoms with Gasteiger partial charge in [0.15, 0.2) is 11.4 Å². The van der Waals surface area contributed by atoms with Crippen molar-refractivity contribution in [1.82, 2.24) is 0 Å². The van der Waals surface area contributed by atoms with Crippen LogP contribution in [0.3, 0.4) is 0 Å². The third kappa shape index (κ3) is 5.40. The molecule has 2 aromatic rings. The van der Waals surface area contributed by atoms with Crippen molar-refractivity contribution >= 4 is 34.0 Å². The second kappa shape index (κ2) is 9.08. The molecule has 1 N–H and O–H groups in total. The highest BCUT2D eigenvalue weighted by atomic mass is 127. The van der Waals surface area contributed by atoms with Crippen LogP contribution in [-0.4, -0.2) is 5.11 Å². The highest BCUT2D eigenvalue weighted by Gasteiger charge is 1.91. The van der Waals surface area contributed by atoms with Crippen LogP contribution in [0.1, 0.15) is 11.1 Å². The summed E-state index contributed by atoms with van der Waals surface area (Å²) in [5.41, 5.74) is 3.31. The zero-order chi connectivity index (χ0) is 14.8. The van der Waals surface area contributed by atoms with Crippen molar-refractivity contribution in [2.75, 3.05) is 0 Å². The van der Waals surface area contributed by atoms with Gasteiger partial charge >= 0.3 is 0 Å². The van der Waals surface area contributed by atoms with Crippen molar-refractivity contribution in [2.45, 2.75) is 11.0 Å². The molecule has 4 heteroatoms. The first-order valence-electron chi connectivity index (χ1n) is 5.83. The standard InChI is InChI=1S/C8H6IN.C8H7NO/c1-10-8-4-2-3-7(5-8)6-9;1-9-8-4-2-3-7(5-8)6-10/h2-5H,6H2;2-5,10H,6H2. The maximum absolute atomic E-state index is 8.65. The summed E-state index contributed by atoms with van der Waals surface area (Å²) in [4.78, 5) is 6.54. The van der Waals surface area contributed by atoms with Gasteiger partial charge in [-0.05, 0) is 11.1 Å². The summed E-state index contributed by atoms with van der Waals surface area (Å²) in [7, 11) is 0. The van der Waals surface area contributed by atoms with Gasteiger partial charge in [0.1, 0.15) is 0 Å². The minimum atomic E-state index is 0.00333. The molecule has 0 aliphatic rings. The zero-order valence-electron chi connectivity index (χ0n) is 10.8. The van der Waals surface area contributed by atoms with Crippen LogP contribution in [0.2, 0.25) is 0 Å². The molecule has 0 saturated heterocycles. The van der Waals surface area contributed by atoms with Crippen LogP contribution >= 0.6 is 22.6 Å². The minimum Gasteiger partial charge on any atom is -0.392 e. The molecule has 0 unspecified atom stereocenters. The molecule has 0 aromatic heterocycles. The van der Waals surface area contributed by atoms with Crippen molar-refractivity contribution in [1.29, 1.82) is 0 Å². The fraction of sp³-hybridized carbons (Fsp3) is 0.125. The van der Waals surface area contributed by atoms with Crippen LogP contribution in [0.25, 0.3) is 9.69 Å². The summed E-state index contributed by atoms with van der Waals surface area (Å²) in [6.07, 6.45) is 0. The summed E-state index contributed by atoms with van der Waals surface area (Å²) in [5.74, 6) is 0. The number of aliphatic hydroxyl groups excluding tert-OH is 1. The molecule has 20 heavy (non-hydrogen) atoms. The van der Waals surface area contributed by atoms with Gasteiger partial charge in [0.05, 0.1) is 19.8 Å². The van der Waals surface area contributed by atoms with E-state index in [4.69, 9.17) is 18.3 Å². The Bertz CT molecular complexity index is 584. The third-order valence-corrected chi connectivity index (χ3v) is 3.30. The van der Waals surface area contributed by atoms with Gasteiger partial charge < -0.3 is 5.11 Å². The minimum absolute atomic E-state index is 0.00333. The van der Waals surface area contributed by atoms with Gasteiger partial charge in [-0.15, -0.1) is 0 Å². The number of halogens is 1. The lowest BCUT2D eigenvalue weighted by atomic mass is 10.2. The first-order valence-corrected chi connectivity index (χ1v) is 7.35. The monoisotopic (exact) mass is 376 g/mol. The Balaban J connectivity index is 0.000000200. The largest absolute Gasteiger partial charge is 0.392 e. The van der Waals surface area contributed by atoms with E-state index in [-0.39, 0.29) is 6.61 Å². The Morgan fingerprint density at radius 2 is 1.40 bits per heavy atom. The van der Waals surface area contributed by atoms with E-state index in [1.165, 1.54) is 5.56 Å². The quantitative estimate of drug-likeness (QED) is 0.451. The zero-order valence-corrected chi connectivity index (χ0v) is 12.9. The Hall–Kier alpha value is -1.89. The highest BCUT2D eigenvalue weighted by Crippen LogP contribution is 2.15. The van der Waals surface area contributed by atoms with Gasteiger partial charge in [-0.1, -0.05) is 71.1 Å². The Labute approximate surface area is 132 Å². The van der Waals surface area contributed by atoms with Crippen LogP contribution in [0, 0.1) is 13.1 Å². The molecule has 0 aliphatic carbocycles. The Morgan fingerprint density at radius 1 is 0.900 bits per heavy atom. The number of hydrogen-bond donors (Lipinski definition) is 1. The van der Waals surface area contributed by atoms with E-state index >= 15 is 0 Å². The van der Waals surface area contributed by atoms with Gasteiger partial charge in [-0.2, -0.15) is 0 Å². The van der Waals surface area contributed by atoms with Crippen LogP contribution in [0.4, 0.5) is 11.4 Å². The fourth-order valence-electron chi connectivity index (χ4n) is 1.43. The Kier molecular flexibility index (Phi) is 7.34. The molecule has 2 rings (SSSR count). The van der Waals surface area contributed by atoms with Crippen molar-refractivity contribution in [3.63, 3.8) is 0 Å². The molecule has 0 atom stereocenters. The van der Waals surface area contributed by atoms with Crippen molar-refractivity contribution in [3.8, 4) is 0 Å². The predicted molar refractivity (Wildman–Crippen MR) is 89.1 cm³/mol. The van der Waals surface area contributed by atoms with Crippen LogP contribution in [0.5, 0.6) is 0 Å². The number of rotatable bonds is 2. The SMILES string of the molecule is [C-]#[N+]c1cccc(CI)c1.[C-]#[N+]c1cccc(CO)c1. The number of alkyl halides is 1. The Morgan fingerprint density at radius 3 is 1.85 bits per heavy atom. The van der Waals surface area contributed by atoms with Crippen molar-refractivity contribution < 1.29 is 5.11 Å². The molecular weight excluding hydrogens is 363 g/mol. The second-order valence-corrected chi connectivity index (χ2v) is 4.62. The van der Waals surface area contributed by atoms with Gasteiger partial charge in [0, 0.05) is 4.43 Å². The molecule has 100 valence electrons. The normalized spacial score (nSPS) is 8.80. The molecule has 0 fully saturated rings. The molecule has 3 nitrogen and oxygen atoms in total. The van der Waals surface area contributed by atoms with E-state index in [0.29, 0.717) is 5.69 Å². The molecule has 0 radical (unpaired) electrons. The van der Waals surface area contributed by atoms with E-state index in [1.54, 1.807) is 24.3 Å². The van der Waals surface area contributed by atoms with E-state index in [0.717, 1.165) is 15.7 Å². The summed E-state index contributed by atoms with van der Waals surface area (Å²) in [6.45, 7) is 13.4. The second-order valence-electron chi connectivity index (χ2n) is 3.86. The maximum atomic E-state index is 8.65. The smallest absolute Gasteiger partial charge is 0.187 e. The van der Waals surface area contributed by atoms with Crippen LogP contribution < -0.4 is 0 Å². The number of aliphatic hydroxyl groups is 1. The molecule has 0 bridgehead atoms. The van der Waals surface area contributed by atoms with Crippen molar-refractivity contribution in [2.24, 2.45) is 0 Å². The van der Waals surface area contributed by atoms with Gasteiger partial charge in [-0.25, -0.2) is 9.69 Å². The summed E-state index contributed by atoms with van der Waals surface area (Å²) in [6, 6.07) is 14.6. The van der Waals surface area contributed by atoms with Gasteiger partial charge in [0.2, 0.25) is 0 Å². The summed E-state index contributed by atoms with van der Waals surface area (Å²) in [5, 5.41) is 8.65. The number of nitrogens with zero attached hydrogens (tertiary/aromatic N) is 2. The fourth-order valence-corrected chi connectivity index (χ4v) is 1.91. The molecule has 0 aliphatic heterocycles. The average molecular weight is 376 g/mol. The van der Waals surface area contributed by atoms with Gasteiger partial charge in [-0.3, -0.25) is 0 Å². The van der Waals surface area contributed by atoms with E-state index in [9.17, 15) is 0 Å². The first kappa shape index (κ1) is 16.2. The molecule has 2 aromatic carbocycles. The third-order valence-electron chi connectivity index (χ3n) is 2.42. The van der Waals surface area contributed by atoms with E-state index < -0.39 is 0 Å². The number of benzene rings is 2. The topological polar surface area (TPSA) is 29.0 Å². The predicted octanol–water partition coefficient (Wildman–Crippen LogP) is 4.90. The molecule has 0 heterocycles. The molecule has 0 amide bonds. The van der Waals surface area contributed by atoms with Gasteiger partial charge in [0.25, 0.3) is 0 Å². The number of hydrogen-bond acceptors (Lipinski definition) is 1. The van der Waals surface area contributed by atoms with Crippen LogP contribution in [-0.2, 0) is 11.0 Å². The lowest BCUT2D eigenvalue weighted by Crippen LogP contribution is -1.78. The summed E-state index contributed by atoms with van der Waals surface area (Å²) < 4.78 is 0.973.